The van der Waals surface area contributed by atoms with Crippen LogP contribution in [-0.2, 0) is 11.8 Å². The predicted molar refractivity (Wildman–Crippen MR) is 107 cm³/mol. The predicted octanol–water partition coefficient (Wildman–Crippen LogP) is 3.57. The number of fused-ring (bicyclic) bond motifs is 1. The fraction of sp³-hybridized carbons (Fsp3) is 0.381. The van der Waals surface area contributed by atoms with Crippen molar-refractivity contribution >= 4 is 22.6 Å². The number of rotatable bonds is 7. The minimum Gasteiger partial charge on any atom is -0.489 e. The maximum absolute atomic E-state index is 13.8. The highest BCUT2D eigenvalue weighted by molar-refractivity contribution is 6.13. The SMILES string of the molecule is COCCOc1ccc(F)cc1NC(=O)c1cc(C2CC2)nc2c1c(C)nn2C. The number of carbonyl (C=O) groups excluding carboxylic acids is 1. The quantitative estimate of drug-likeness (QED) is 0.616. The van der Waals surface area contributed by atoms with Crippen LogP contribution in [-0.4, -0.2) is 41.0 Å². The standard InChI is InChI=1S/C21H23FN4O3/c1-12-19-15(11-16(13-4-5-13)23-20(19)26(2)25-12)21(27)24-17-10-14(22)6-7-18(17)29-9-8-28-3/h6-7,10-11,13H,4-5,8-9H2,1-3H3,(H,24,27). The Balaban J connectivity index is 1.70. The first kappa shape index (κ1) is 19.3. The molecule has 3 aromatic rings. The molecule has 8 heteroatoms. The number of carbonyl (C=O) groups is 1. The highest BCUT2D eigenvalue weighted by Gasteiger charge is 2.28. The summed E-state index contributed by atoms with van der Waals surface area (Å²) in [6.07, 6.45) is 2.13. The third kappa shape index (κ3) is 3.93. The number of anilines is 1. The van der Waals surface area contributed by atoms with E-state index in [0.717, 1.165) is 24.2 Å². The van der Waals surface area contributed by atoms with Gasteiger partial charge < -0.3 is 14.8 Å². The highest BCUT2D eigenvalue weighted by Crippen LogP contribution is 2.40. The van der Waals surface area contributed by atoms with Gasteiger partial charge in [-0.2, -0.15) is 5.10 Å². The molecular weight excluding hydrogens is 375 g/mol. The molecule has 0 unspecified atom stereocenters. The van der Waals surface area contributed by atoms with Crippen LogP contribution < -0.4 is 10.1 Å². The van der Waals surface area contributed by atoms with Gasteiger partial charge >= 0.3 is 0 Å². The van der Waals surface area contributed by atoms with Gasteiger partial charge in [-0.05, 0) is 38.0 Å². The maximum atomic E-state index is 13.8. The minimum atomic E-state index is -0.463. The molecule has 1 aliphatic carbocycles. The lowest BCUT2D eigenvalue weighted by atomic mass is 10.1. The lowest BCUT2D eigenvalue weighted by molar-refractivity contribution is 0.102. The van der Waals surface area contributed by atoms with Gasteiger partial charge in [0.25, 0.3) is 5.91 Å². The van der Waals surface area contributed by atoms with Crippen LogP contribution in [0.5, 0.6) is 5.75 Å². The molecule has 1 aromatic carbocycles. The average molecular weight is 398 g/mol. The van der Waals surface area contributed by atoms with Crippen LogP contribution in [0.1, 0.15) is 40.5 Å². The third-order valence-electron chi connectivity index (χ3n) is 4.96. The summed E-state index contributed by atoms with van der Waals surface area (Å²) in [6, 6.07) is 5.86. The van der Waals surface area contributed by atoms with E-state index in [9.17, 15) is 9.18 Å². The normalized spacial score (nSPS) is 13.7. The van der Waals surface area contributed by atoms with E-state index in [1.807, 2.05) is 20.0 Å². The van der Waals surface area contributed by atoms with Crippen LogP contribution in [0.25, 0.3) is 11.0 Å². The number of hydrogen-bond acceptors (Lipinski definition) is 5. The number of nitrogens with one attached hydrogen (secondary N) is 1. The zero-order chi connectivity index (χ0) is 20.5. The highest BCUT2D eigenvalue weighted by atomic mass is 19.1. The molecule has 7 nitrogen and oxygen atoms in total. The van der Waals surface area contributed by atoms with Crippen molar-refractivity contribution in [2.24, 2.45) is 7.05 Å². The fourth-order valence-corrected chi connectivity index (χ4v) is 3.38. The van der Waals surface area contributed by atoms with Crippen molar-refractivity contribution in [2.45, 2.75) is 25.7 Å². The molecule has 1 aliphatic rings. The molecule has 0 bridgehead atoms. The van der Waals surface area contributed by atoms with Crippen molar-refractivity contribution in [3.8, 4) is 5.75 Å². The number of methoxy groups -OCH3 is 1. The van der Waals surface area contributed by atoms with Crippen molar-refractivity contribution in [2.75, 3.05) is 25.6 Å². The molecule has 1 amide bonds. The van der Waals surface area contributed by atoms with Gasteiger partial charge in [-0.3, -0.25) is 9.48 Å². The van der Waals surface area contributed by atoms with E-state index in [1.54, 1.807) is 11.8 Å². The number of ether oxygens (including phenoxy) is 2. The van der Waals surface area contributed by atoms with E-state index in [2.05, 4.69) is 10.4 Å². The van der Waals surface area contributed by atoms with Gasteiger partial charge in [0.1, 0.15) is 18.2 Å². The van der Waals surface area contributed by atoms with Crippen LogP contribution in [0.2, 0.25) is 0 Å². The van der Waals surface area contributed by atoms with E-state index in [0.29, 0.717) is 34.9 Å². The first-order valence-corrected chi connectivity index (χ1v) is 9.55. The van der Waals surface area contributed by atoms with E-state index in [4.69, 9.17) is 14.5 Å². The fourth-order valence-electron chi connectivity index (χ4n) is 3.38. The second-order valence-corrected chi connectivity index (χ2v) is 7.21. The number of hydrogen-bond donors (Lipinski definition) is 1. The first-order chi connectivity index (χ1) is 14.0. The molecule has 0 saturated heterocycles. The number of nitrogens with zero attached hydrogens (tertiary/aromatic N) is 3. The largest absolute Gasteiger partial charge is 0.489 e. The topological polar surface area (TPSA) is 78.3 Å². The Labute approximate surface area is 167 Å². The van der Waals surface area contributed by atoms with E-state index in [-0.39, 0.29) is 18.2 Å². The average Bonchev–Trinajstić information content (AvgIpc) is 3.50. The Hall–Kier alpha value is -3.00. The molecule has 1 saturated carbocycles. The van der Waals surface area contributed by atoms with E-state index < -0.39 is 5.82 Å². The molecule has 1 fully saturated rings. The summed E-state index contributed by atoms with van der Waals surface area (Å²) in [5.74, 6) is -0.0521. The molecule has 0 spiro atoms. The van der Waals surface area contributed by atoms with Gasteiger partial charge in [0.05, 0.1) is 28.9 Å². The van der Waals surface area contributed by atoms with Crippen LogP contribution in [0.3, 0.4) is 0 Å². The Morgan fingerprint density at radius 1 is 1.31 bits per heavy atom. The number of pyridine rings is 1. The Morgan fingerprint density at radius 3 is 2.83 bits per heavy atom. The second-order valence-electron chi connectivity index (χ2n) is 7.21. The van der Waals surface area contributed by atoms with Crippen molar-refractivity contribution in [1.29, 1.82) is 0 Å². The molecule has 152 valence electrons. The molecule has 0 atom stereocenters. The zero-order valence-corrected chi connectivity index (χ0v) is 16.7. The lowest BCUT2D eigenvalue weighted by Gasteiger charge is -2.13. The Bertz CT molecular complexity index is 1080. The van der Waals surface area contributed by atoms with Crippen molar-refractivity contribution in [1.82, 2.24) is 14.8 Å². The summed E-state index contributed by atoms with van der Waals surface area (Å²) < 4.78 is 26.1. The van der Waals surface area contributed by atoms with Gasteiger partial charge in [0, 0.05) is 31.8 Å². The molecule has 2 aromatic heterocycles. The van der Waals surface area contributed by atoms with Gasteiger partial charge in [0.15, 0.2) is 5.65 Å². The zero-order valence-electron chi connectivity index (χ0n) is 16.7. The minimum absolute atomic E-state index is 0.269. The molecule has 29 heavy (non-hydrogen) atoms. The summed E-state index contributed by atoms with van der Waals surface area (Å²) in [5.41, 5.74) is 3.04. The van der Waals surface area contributed by atoms with Crippen LogP contribution >= 0.6 is 0 Å². The lowest BCUT2D eigenvalue weighted by Crippen LogP contribution is -2.15. The Kier molecular flexibility index (Phi) is 5.19. The number of aromatic nitrogens is 3. The number of halogens is 1. The second kappa shape index (κ2) is 7.79. The number of aryl methyl sites for hydroxylation is 2. The van der Waals surface area contributed by atoms with Crippen molar-refractivity contribution in [3.05, 3.63) is 47.0 Å². The van der Waals surface area contributed by atoms with Gasteiger partial charge in [-0.15, -0.1) is 0 Å². The number of benzene rings is 1. The van der Waals surface area contributed by atoms with Crippen molar-refractivity contribution < 1.29 is 18.7 Å². The maximum Gasteiger partial charge on any atom is 0.256 e. The number of amides is 1. The van der Waals surface area contributed by atoms with E-state index >= 15 is 0 Å². The summed E-state index contributed by atoms with van der Waals surface area (Å²) in [4.78, 5) is 17.9. The van der Waals surface area contributed by atoms with Crippen LogP contribution in [0, 0.1) is 12.7 Å². The molecule has 4 rings (SSSR count). The molecular formula is C21H23FN4O3. The Morgan fingerprint density at radius 2 is 2.10 bits per heavy atom. The summed E-state index contributed by atoms with van der Waals surface area (Å²) >= 11 is 0. The molecule has 0 aliphatic heterocycles. The molecule has 1 N–H and O–H groups in total. The third-order valence-corrected chi connectivity index (χ3v) is 4.96. The van der Waals surface area contributed by atoms with Crippen LogP contribution in [0.4, 0.5) is 10.1 Å². The monoisotopic (exact) mass is 398 g/mol. The molecule has 0 radical (unpaired) electrons. The van der Waals surface area contributed by atoms with Gasteiger partial charge in [-0.1, -0.05) is 0 Å². The van der Waals surface area contributed by atoms with Gasteiger partial charge in [0.2, 0.25) is 0 Å². The smallest absolute Gasteiger partial charge is 0.256 e. The van der Waals surface area contributed by atoms with Crippen molar-refractivity contribution in [3.63, 3.8) is 0 Å². The molecule has 2 heterocycles. The van der Waals surface area contributed by atoms with E-state index in [1.165, 1.54) is 18.2 Å². The van der Waals surface area contributed by atoms with Crippen LogP contribution in [0.15, 0.2) is 24.3 Å². The summed E-state index contributed by atoms with van der Waals surface area (Å²) in [7, 11) is 3.38. The summed E-state index contributed by atoms with van der Waals surface area (Å²) in [5, 5.41) is 7.92. The van der Waals surface area contributed by atoms with Gasteiger partial charge in [-0.25, -0.2) is 9.37 Å². The summed E-state index contributed by atoms with van der Waals surface area (Å²) in [6.45, 7) is 2.52. The first-order valence-electron chi connectivity index (χ1n) is 9.55.